The summed E-state index contributed by atoms with van der Waals surface area (Å²) in [6.07, 6.45) is 2.40. The second-order valence-electron chi connectivity index (χ2n) is 6.90. The first-order valence-electron chi connectivity index (χ1n) is 8.70. The maximum atomic E-state index is 13.6. The number of carbonyl (C=O) groups is 1. The molecule has 2 aromatic rings. The maximum Gasteiger partial charge on any atom is 0.255 e. The van der Waals surface area contributed by atoms with Gasteiger partial charge in [-0.25, -0.2) is 4.39 Å². The Bertz CT molecular complexity index is 956. The molecule has 3 N–H and O–H groups in total. The number of para-hydroxylation sites is 1. The third-order valence-electron chi connectivity index (χ3n) is 5.32. The Balaban J connectivity index is 1.60. The predicted octanol–water partition coefficient (Wildman–Crippen LogP) is 2.58. The molecule has 6 heteroatoms. The van der Waals surface area contributed by atoms with E-state index in [2.05, 4.69) is 10.2 Å². The van der Waals surface area contributed by atoms with Gasteiger partial charge in [-0.15, -0.1) is 0 Å². The van der Waals surface area contributed by atoms with Gasteiger partial charge in [-0.1, -0.05) is 12.1 Å². The summed E-state index contributed by atoms with van der Waals surface area (Å²) >= 11 is 0. The standard InChI is InChI=1S/C20H18FN3O2/c21-13-4-5-17-11(9-13)8-12(10-26-17)19-23-20(25)15-3-1-2-14-16(22)6-7-24(19)18(14)15/h1-5,8-9,16,19H,6-7,10,22H2,(H,23,25)/t16-,19+/m0/s1. The molecule has 2 aromatic carbocycles. The summed E-state index contributed by atoms with van der Waals surface area (Å²) in [7, 11) is 0. The Kier molecular flexibility index (Phi) is 3.30. The van der Waals surface area contributed by atoms with E-state index in [4.69, 9.17) is 10.5 Å². The highest BCUT2D eigenvalue weighted by atomic mass is 19.1. The van der Waals surface area contributed by atoms with Gasteiger partial charge in [-0.2, -0.15) is 0 Å². The van der Waals surface area contributed by atoms with Crippen LogP contribution in [0, 0.1) is 5.82 Å². The number of rotatable bonds is 1. The Morgan fingerprint density at radius 3 is 3.04 bits per heavy atom. The maximum absolute atomic E-state index is 13.6. The highest BCUT2D eigenvalue weighted by Gasteiger charge is 2.38. The average Bonchev–Trinajstić information content (AvgIpc) is 2.65. The van der Waals surface area contributed by atoms with Crippen molar-refractivity contribution in [2.75, 3.05) is 18.1 Å². The number of hydrogen-bond donors (Lipinski definition) is 2. The van der Waals surface area contributed by atoms with E-state index in [1.54, 1.807) is 6.07 Å². The van der Waals surface area contributed by atoms with Crippen LogP contribution in [-0.4, -0.2) is 25.2 Å². The van der Waals surface area contributed by atoms with Gasteiger partial charge in [0.15, 0.2) is 0 Å². The molecule has 1 amide bonds. The summed E-state index contributed by atoms with van der Waals surface area (Å²) in [5, 5.41) is 3.07. The molecule has 0 radical (unpaired) electrons. The number of benzene rings is 2. The van der Waals surface area contributed by atoms with Crippen LogP contribution in [0.1, 0.15) is 33.9 Å². The van der Waals surface area contributed by atoms with Crippen molar-refractivity contribution in [3.63, 3.8) is 0 Å². The molecule has 26 heavy (non-hydrogen) atoms. The van der Waals surface area contributed by atoms with E-state index in [0.29, 0.717) is 23.5 Å². The number of nitrogens with zero attached hydrogens (tertiary/aromatic N) is 1. The van der Waals surface area contributed by atoms with Crippen LogP contribution < -0.4 is 20.7 Å². The number of carbonyl (C=O) groups excluding carboxylic acids is 1. The number of hydrogen-bond acceptors (Lipinski definition) is 4. The first-order chi connectivity index (χ1) is 12.6. The van der Waals surface area contributed by atoms with Crippen LogP contribution in [0.3, 0.4) is 0 Å². The quantitative estimate of drug-likeness (QED) is 0.829. The number of amides is 1. The molecule has 0 bridgehead atoms. The van der Waals surface area contributed by atoms with Crippen LogP contribution in [0.25, 0.3) is 6.08 Å². The van der Waals surface area contributed by atoms with Crippen LogP contribution in [0.4, 0.5) is 10.1 Å². The summed E-state index contributed by atoms with van der Waals surface area (Å²) in [5.74, 6) is 0.219. The van der Waals surface area contributed by atoms with Crippen molar-refractivity contribution in [2.45, 2.75) is 18.6 Å². The Hall–Kier alpha value is -2.86. The topological polar surface area (TPSA) is 67.6 Å². The van der Waals surface area contributed by atoms with E-state index in [1.165, 1.54) is 12.1 Å². The van der Waals surface area contributed by atoms with Crippen LogP contribution in [0.15, 0.2) is 42.0 Å². The van der Waals surface area contributed by atoms with Gasteiger partial charge in [-0.05, 0) is 42.3 Å². The van der Waals surface area contributed by atoms with Gasteiger partial charge in [0.25, 0.3) is 5.91 Å². The molecule has 0 saturated carbocycles. The molecule has 0 aliphatic carbocycles. The van der Waals surface area contributed by atoms with Crippen LogP contribution in [0.5, 0.6) is 5.75 Å². The van der Waals surface area contributed by atoms with Crippen molar-refractivity contribution in [1.82, 2.24) is 5.32 Å². The molecule has 0 unspecified atom stereocenters. The molecule has 5 nitrogen and oxygen atoms in total. The van der Waals surface area contributed by atoms with Crippen molar-refractivity contribution in [2.24, 2.45) is 5.73 Å². The third-order valence-corrected chi connectivity index (χ3v) is 5.32. The Morgan fingerprint density at radius 2 is 2.15 bits per heavy atom. The number of halogens is 1. The average molecular weight is 351 g/mol. The SMILES string of the molecule is N[C@H]1CCN2c3c(cccc31)C(=O)N[C@H]2C1=Cc2cc(F)ccc2OC1. The van der Waals surface area contributed by atoms with Crippen molar-refractivity contribution in [3.05, 3.63) is 64.5 Å². The van der Waals surface area contributed by atoms with Crippen LogP contribution in [-0.2, 0) is 0 Å². The van der Waals surface area contributed by atoms with Gasteiger partial charge >= 0.3 is 0 Å². The summed E-state index contributed by atoms with van der Waals surface area (Å²) in [6, 6.07) is 10.1. The fourth-order valence-electron chi connectivity index (χ4n) is 4.06. The third kappa shape index (κ3) is 2.22. The van der Waals surface area contributed by atoms with Crippen molar-refractivity contribution in [3.8, 4) is 5.75 Å². The highest BCUT2D eigenvalue weighted by Crippen LogP contribution is 2.40. The smallest absolute Gasteiger partial charge is 0.255 e. The second-order valence-corrected chi connectivity index (χ2v) is 6.90. The van der Waals surface area contributed by atoms with Crippen LogP contribution in [0.2, 0.25) is 0 Å². The number of fused-ring (bicyclic) bond motifs is 1. The zero-order valence-corrected chi connectivity index (χ0v) is 14.0. The van der Waals surface area contributed by atoms with Gasteiger partial charge in [0.05, 0.1) is 11.3 Å². The molecule has 3 aliphatic rings. The zero-order chi connectivity index (χ0) is 17.8. The van der Waals surface area contributed by atoms with E-state index in [1.807, 2.05) is 24.3 Å². The minimum absolute atomic E-state index is 0.0702. The Morgan fingerprint density at radius 1 is 1.27 bits per heavy atom. The predicted molar refractivity (Wildman–Crippen MR) is 96.5 cm³/mol. The lowest BCUT2D eigenvalue weighted by atomic mass is 9.90. The molecule has 5 rings (SSSR count). The molecule has 3 aliphatic heterocycles. The lowest BCUT2D eigenvalue weighted by molar-refractivity contribution is 0.0930. The van der Waals surface area contributed by atoms with E-state index < -0.39 is 0 Å². The molecule has 0 fully saturated rings. The Labute approximate surface area is 150 Å². The lowest BCUT2D eigenvalue weighted by Crippen LogP contribution is -2.57. The second kappa shape index (κ2) is 5.57. The molecular weight excluding hydrogens is 333 g/mol. The number of nitrogens with one attached hydrogen (secondary N) is 1. The fraction of sp³-hybridized carbons (Fsp3) is 0.250. The monoisotopic (exact) mass is 351 g/mol. The minimum Gasteiger partial charge on any atom is -0.488 e. The van der Waals surface area contributed by atoms with E-state index in [9.17, 15) is 9.18 Å². The molecular formula is C20H18FN3O2. The summed E-state index contributed by atoms with van der Waals surface area (Å²) < 4.78 is 19.4. The van der Waals surface area contributed by atoms with E-state index in [-0.39, 0.29) is 23.9 Å². The van der Waals surface area contributed by atoms with Gasteiger partial charge < -0.3 is 20.7 Å². The van der Waals surface area contributed by atoms with Gasteiger partial charge in [0.1, 0.15) is 24.3 Å². The zero-order valence-electron chi connectivity index (χ0n) is 14.0. The van der Waals surface area contributed by atoms with Crippen molar-refractivity contribution < 1.29 is 13.9 Å². The van der Waals surface area contributed by atoms with Gasteiger partial charge in [-0.3, -0.25) is 4.79 Å². The van der Waals surface area contributed by atoms with Gasteiger partial charge in [0, 0.05) is 23.7 Å². The molecule has 132 valence electrons. The highest BCUT2D eigenvalue weighted by molar-refractivity contribution is 6.03. The summed E-state index contributed by atoms with van der Waals surface area (Å²) in [5.41, 5.74) is 10.4. The normalized spacial score (nSPS) is 23.4. The molecule has 3 heterocycles. The first-order valence-corrected chi connectivity index (χ1v) is 8.70. The lowest BCUT2D eigenvalue weighted by Gasteiger charge is -2.45. The first kappa shape index (κ1) is 15.4. The molecule has 0 saturated heterocycles. The summed E-state index contributed by atoms with van der Waals surface area (Å²) in [4.78, 5) is 14.9. The number of nitrogens with two attached hydrogens (primary N) is 1. The largest absolute Gasteiger partial charge is 0.488 e. The number of anilines is 1. The molecule has 0 aromatic heterocycles. The minimum atomic E-state index is -0.319. The molecule has 0 spiro atoms. The van der Waals surface area contributed by atoms with Crippen molar-refractivity contribution in [1.29, 1.82) is 0 Å². The van der Waals surface area contributed by atoms with E-state index in [0.717, 1.165) is 29.8 Å². The fourth-order valence-corrected chi connectivity index (χ4v) is 4.06. The van der Waals surface area contributed by atoms with E-state index >= 15 is 0 Å². The van der Waals surface area contributed by atoms with Crippen molar-refractivity contribution >= 4 is 17.7 Å². The number of ether oxygens (including phenoxy) is 1. The molecule has 2 atom stereocenters. The van der Waals surface area contributed by atoms with Gasteiger partial charge in [0.2, 0.25) is 0 Å². The van der Waals surface area contributed by atoms with Crippen LogP contribution >= 0.6 is 0 Å². The summed E-state index contributed by atoms with van der Waals surface area (Å²) in [6.45, 7) is 1.09.